The summed E-state index contributed by atoms with van der Waals surface area (Å²) in [6.45, 7) is 2.75. The summed E-state index contributed by atoms with van der Waals surface area (Å²) >= 11 is 0. The van der Waals surface area contributed by atoms with Gasteiger partial charge in [-0.3, -0.25) is 0 Å². The molecular weight excluding hydrogens is 243 g/mol. The Balaban J connectivity index is 1.78. The zero-order valence-corrected chi connectivity index (χ0v) is 10.7. The number of fused-ring (bicyclic) bond motifs is 1. The highest BCUT2D eigenvalue weighted by Gasteiger charge is 2.14. The van der Waals surface area contributed by atoms with Crippen molar-refractivity contribution in [3.05, 3.63) is 36.3 Å². The summed E-state index contributed by atoms with van der Waals surface area (Å²) in [5, 5.41) is 5.03. The van der Waals surface area contributed by atoms with Crippen molar-refractivity contribution in [2.24, 2.45) is 5.92 Å². The lowest BCUT2D eigenvalue weighted by atomic mass is 9.99. The van der Waals surface area contributed by atoms with Gasteiger partial charge in [0.15, 0.2) is 0 Å². The first-order chi connectivity index (χ1) is 9.33. The molecule has 0 radical (unpaired) electrons. The number of nitrogens with one attached hydrogen (secondary N) is 1. The second-order valence-corrected chi connectivity index (χ2v) is 4.99. The number of halogens is 1. The summed E-state index contributed by atoms with van der Waals surface area (Å²) in [6.07, 6.45) is 3.95. The van der Waals surface area contributed by atoms with Crippen LogP contribution in [0.1, 0.15) is 12.8 Å². The third-order valence-electron chi connectivity index (χ3n) is 3.61. The Labute approximate surface area is 111 Å². The summed E-state index contributed by atoms with van der Waals surface area (Å²) in [7, 11) is 0. The Bertz CT molecular complexity index is 567. The standard InChI is InChI=1S/C15H17FN2O/c16-13-2-1-12-5-8-18-15(14(12)9-13)19-10-11-3-6-17-7-4-11/h1-2,5,8-9,11,17H,3-4,6-7,10H2. The molecule has 1 N–H and O–H groups in total. The van der Waals surface area contributed by atoms with E-state index in [1.807, 2.05) is 6.07 Å². The van der Waals surface area contributed by atoms with Crippen LogP contribution >= 0.6 is 0 Å². The quantitative estimate of drug-likeness (QED) is 0.921. The van der Waals surface area contributed by atoms with Gasteiger partial charge in [0.2, 0.25) is 5.88 Å². The number of hydrogen-bond acceptors (Lipinski definition) is 3. The fourth-order valence-electron chi connectivity index (χ4n) is 2.47. The van der Waals surface area contributed by atoms with Crippen molar-refractivity contribution in [1.29, 1.82) is 0 Å². The zero-order valence-electron chi connectivity index (χ0n) is 10.7. The van der Waals surface area contributed by atoms with Crippen molar-refractivity contribution in [2.45, 2.75) is 12.8 Å². The van der Waals surface area contributed by atoms with Crippen LogP contribution in [0.3, 0.4) is 0 Å². The normalized spacial score (nSPS) is 16.7. The Hall–Kier alpha value is -1.68. The molecule has 1 aromatic heterocycles. The molecule has 0 saturated carbocycles. The van der Waals surface area contributed by atoms with Gasteiger partial charge in [0.05, 0.1) is 6.61 Å². The second kappa shape index (κ2) is 5.53. The lowest BCUT2D eigenvalue weighted by molar-refractivity contribution is 0.211. The number of nitrogens with zero attached hydrogens (tertiary/aromatic N) is 1. The summed E-state index contributed by atoms with van der Waals surface area (Å²) < 4.78 is 19.1. The molecule has 3 nitrogen and oxygen atoms in total. The topological polar surface area (TPSA) is 34.1 Å². The molecule has 0 aliphatic carbocycles. The number of ether oxygens (including phenoxy) is 1. The summed E-state index contributed by atoms with van der Waals surface area (Å²) in [5.41, 5.74) is 0. The van der Waals surface area contributed by atoms with Crippen molar-refractivity contribution >= 4 is 10.8 Å². The average Bonchev–Trinajstić information content (AvgIpc) is 2.46. The van der Waals surface area contributed by atoms with Crippen LogP contribution < -0.4 is 10.1 Å². The smallest absolute Gasteiger partial charge is 0.221 e. The Morgan fingerprint density at radius 1 is 1.26 bits per heavy atom. The molecule has 0 unspecified atom stereocenters. The third kappa shape index (κ3) is 2.84. The first kappa shape index (κ1) is 12.4. The third-order valence-corrected chi connectivity index (χ3v) is 3.61. The number of piperidine rings is 1. The van der Waals surface area contributed by atoms with Gasteiger partial charge in [0.25, 0.3) is 0 Å². The maximum atomic E-state index is 13.3. The molecular formula is C15H17FN2O. The Morgan fingerprint density at radius 2 is 2.11 bits per heavy atom. The number of aromatic nitrogens is 1. The molecule has 19 heavy (non-hydrogen) atoms. The van der Waals surface area contributed by atoms with E-state index in [9.17, 15) is 4.39 Å². The van der Waals surface area contributed by atoms with E-state index < -0.39 is 0 Å². The SMILES string of the molecule is Fc1ccc2ccnc(OCC3CCNCC3)c2c1. The minimum absolute atomic E-state index is 0.257. The summed E-state index contributed by atoms with van der Waals surface area (Å²) in [6, 6.07) is 6.56. The van der Waals surface area contributed by atoms with Crippen LogP contribution in [0.25, 0.3) is 10.8 Å². The van der Waals surface area contributed by atoms with E-state index in [0.717, 1.165) is 36.7 Å². The monoisotopic (exact) mass is 260 g/mol. The van der Waals surface area contributed by atoms with Crippen LogP contribution in [0.4, 0.5) is 4.39 Å². The largest absolute Gasteiger partial charge is 0.477 e. The number of pyridine rings is 1. The number of benzene rings is 1. The molecule has 0 spiro atoms. The molecule has 0 bridgehead atoms. The zero-order chi connectivity index (χ0) is 13.1. The van der Waals surface area contributed by atoms with Crippen molar-refractivity contribution in [3.8, 4) is 5.88 Å². The predicted octanol–water partition coefficient (Wildman–Crippen LogP) is 2.75. The molecule has 1 fully saturated rings. The maximum absolute atomic E-state index is 13.3. The first-order valence-electron chi connectivity index (χ1n) is 6.71. The Morgan fingerprint density at radius 3 is 2.95 bits per heavy atom. The highest BCUT2D eigenvalue weighted by molar-refractivity contribution is 5.86. The molecule has 0 amide bonds. The predicted molar refractivity (Wildman–Crippen MR) is 72.8 cm³/mol. The van der Waals surface area contributed by atoms with E-state index in [0.29, 0.717) is 18.4 Å². The molecule has 3 rings (SSSR count). The number of rotatable bonds is 3. The Kier molecular flexibility index (Phi) is 3.60. The maximum Gasteiger partial charge on any atom is 0.221 e. The van der Waals surface area contributed by atoms with E-state index in [4.69, 9.17) is 4.74 Å². The lowest BCUT2D eigenvalue weighted by Gasteiger charge is -2.22. The second-order valence-electron chi connectivity index (χ2n) is 4.99. The number of hydrogen-bond donors (Lipinski definition) is 1. The molecule has 4 heteroatoms. The minimum Gasteiger partial charge on any atom is -0.477 e. The van der Waals surface area contributed by atoms with Crippen molar-refractivity contribution in [3.63, 3.8) is 0 Å². The first-order valence-corrected chi connectivity index (χ1v) is 6.71. The van der Waals surface area contributed by atoms with Crippen LogP contribution in [-0.4, -0.2) is 24.7 Å². The van der Waals surface area contributed by atoms with Gasteiger partial charge in [0, 0.05) is 11.6 Å². The fourth-order valence-corrected chi connectivity index (χ4v) is 2.47. The van der Waals surface area contributed by atoms with Gasteiger partial charge in [-0.2, -0.15) is 0 Å². The van der Waals surface area contributed by atoms with Crippen molar-refractivity contribution in [2.75, 3.05) is 19.7 Å². The van der Waals surface area contributed by atoms with Gasteiger partial charge >= 0.3 is 0 Å². The summed E-state index contributed by atoms with van der Waals surface area (Å²) in [4.78, 5) is 4.23. The molecule has 1 saturated heterocycles. The minimum atomic E-state index is -0.257. The van der Waals surface area contributed by atoms with Gasteiger partial charge in [-0.15, -0.1) is 0 Å². The average molecular weight is 260 g/mol. The molecule has 2 aromatic rings. The lowest BCUT2D eigenvalue weighted by Crippen LogP contribution is -2.30. The highest BCUT2D eigenvalue weighted by Crippen LogP contribution is 2.25. The van der Waals surface area contributed by atoms with E-state index in [1.54, 1.807) is 12.3 Å². The van der Waals surface area contributed by atoms with Crippen LogP contribution in [0.5, 0.6) is 5.88 Å². The molecule has 0 atom stereocenters. The molecule has 1 aliphatic rings. The fraction of sp³-hybridized carbons (Fsp3) is 0.400. The molecule has 1 aliphatic heterocycles. The van der Waals surface area contributed by atoms with Gasteiger partial charge < -0.3 is 10.1 Å². The summed E-state index contributed by atoms with van der Waals surface area (Å²) in [5.74, 6) is 0.842. The van der Waals surface area contributed by atoms with E-state index in [-0.39, 0.29) is 5.82 Å². The van der Waals surface area contributed by atoms with Crippen LogP contribution in [-0.2, 0) is 0 Å². The van der Waals surface area contributed by atoms with Crippen LogP contribution in [0, 0.1) is 11.7 Å². The highest BCUT2D eigenvalue weighted by atomic mass is 19.1. The molecule has 1 aromatic carbocycles. The molecule has 2 heterocycles. The van der Waals surface area contributed by atoms with Gasteiger partial charge in [-0.05, 0) is 55.4 Å². The van der Waals surface area contributed by atoms with Crippen molar-refractivity contribution < 1.29 is 9.13 Å². The van der Waals surface area contributed by atoms with Crippen molar-refractivity contribution in [1.82, 2.24) is 10.3 Å². The van der Waals surface area contributed by atoms with Crippen LogP contribution in [0.15, 0.2) is 30.5 Å². The molecule has 100 valence electrons. The van der Waals surface area contributed by atoms with Gasteiger partial charge in [-0.25, -0.2) is 9.37 Å². The van der Waals surface area contributed by atoms with E-state index in [2.05, 4.69) is 10.3 Å². The van der Waals surface area contributed by atoms with Gasteiger partial charge in [-0.1, -0.05) is 6.07 Å². The van der Waals surface area contributed by atoms with Crippen LogP contribution in [0.2, 0.25) is 0 Å². The van der Waals surface area contributed by atoms with E-state index in [1.165, 1.54) is 12.1 Å². The van der Waals surface area contributed by atoms with Gasteiger partial charge in [0.1, 0.15) is 5.82 Å². The van der Waals surface area contributed by atoms with E-state index >= 15 is 0 Å².